The number of carbonyl (C=O) groups is 2. The molecule has 0 saturated carbocycles. The Kier molecular flexibility index (Phi) is 4.33. The zero-order chi connectivity index (χ0) is 19.8. The van der Waals surface area contributed by atoms with E-state index in [2.05, 4.69) is 20.8 Å². The first kappa shape index (κ1) is 17.6. The summed E-state index contributed by atoms with van der Waals surface area (Å²) in [5, 5.41) is 13.0. The molecule has 29 heavy (non-hydrogen) atoms. The molecule has 0 fully saturated rings. The number of para-hydroxylation sites is 1. The summed E-state index contributed by atoms with van der Waals surface area (Å²) in [5.74, 6) is -0.151. The lowest BCUT2D eigenvalue weighted by atomic mass is 9.99. The van der Waals surface area contributed by atoms with Gasteiger partial charge in [-0.2, -0.15) is 0 Å². The minimum absolute atomic E-state index is 0.0452. The molecule has 0 spiro atoms. The lowest BCUT2D eigenvalue weighted by Crippen LogP contribution is -2.18. The van der Waals surface area contributed by atoms with Crippen molar-refractivity contribution in [2.75, 3.05) is 10.6 Å². The molecule has 0 radical (unpaired) electrons. The second-order valence-electron chi connectivity index (χ2n) is 6.81. The van der Waals surface area contributed by atoms with Crippen molar-refractivity contribution in [3.8, 4) is 11.3 Å². The van der Waals surface area contributed by atoms with Gasteiger partial charge in [0.25, 0.3) is 0 Å². The normalized spacial score (nSPS) is 13.2. The molecule has 2 N–H and O–H groups in total. The molecule has 144 valence electrons. The van der Waals surface area contributed by atoms with Crippen molar-refractivity contribution >= 4 is 44.9 Å². The Bertz CT molecular complexity index is 1240. The summed E-state index contributed by atoms with van der Waals surface area (Å²) in [7, 11) is 0. The molecular formula is C21H16N4O3S. The number of benzene rings is 2. The van der Waals surface area contributed by atoms with E-state index in [4.69, 9.17) is 4.52 Å². The largest absolute Gasteiger partial charge is 0.356 e. The Morgan fingerprint density at radius 3 is 3.03 bits per heavy atom. The molecule has 3 heterocycles. The van der Waals surface area contributed by atoms with Gasteiger partial charge in [0, 0.05) is 28.4 Å². The van der Waals surface area contributed by atoms with Crippen LogP contribution >= 0.6 is 11.3 Å². The smallest absolute Gasteiger partial charge is 0.232 e. The fourth-order valence-corrected chi connectivity index (χ4v) is 4.12. The summed E-state index contributed by atoms with van der Waals surface area (Å²) >= 11 is 1.37. The Balaban J connectivity index is 1.30. The molecule has 0 saturated heterocycles. The topological polar surface area (TPSA) is 97.1 Å². The van der Waals surface area contributed by atoms with Crippen LogP contribution in [0.4, 0.5) is 10.8 Å². The quantitative estimate of drug-likeness (QED) is 0.535. The Morgan fingerprint density at radius 2 is 2.10 bits per heavy atom. The second kappa shape index (κ2) is 7.14. The highest BCUT2D eigenvalue weighted by atomic mass is 32.1. The Morgan fingerprint density at radius 1 is 1.21 bits per heavy atom. The zero-order valence-corrected chi connectivity index (χ0v) is 16.1. The zero-order valence-electron chi connectivity index (χ0n) is 15.3. The highest BCUT2D eigenvalue weighted by Crippen LogP contribution is 2.30. The van der Waals surface area contributed by atoms with E-state index in [0.717, 1.165) is 27.9 Å². The second-order valence-corrected chi connectivity index (χ2v) is 7.67. The first-order chi connectivity index (χ1) is 14.2. The van der Waals surface area contributed by atoms with Crippen LogP contribution in [0.3, 0.4) is 0 Å². The van der Waals surface area contributed by atoms with Crippen LogP contribution in [-0.4, -0.2) is 22.0 Å². The number of anilines is 2. The van der Waals surface area contributed by atoms with E-state index in [1.54, 1.807) is 0 Å². The number of thiazole rings is 1. The number of amides is 2. The molecule has 5 rings (SSSR count). The number of aromatic nitrogens is 2. The number of rotatable bonds is 4. The number of hydrogen-bond acceptors (Lipinski definition) is 6. The van der Waals surface area contributed by atoms with Gasteiger partial charge in [0.1, 0.15) is 5.69 Å². The maximum absolute atomic E-state index is 12.4. The molecule has 0 atom stereocenters. The van der Waals surface area contributed by atoms with Crippen LogP contribution in [0, 0.1) is 0 Å². The molecule has 0 bridgehead atoms. The molecule has 2 aromatic carbocycles. The highest BCUT2D eigenvalue weighted by Gasteiger charge is 2.17. The van der Waals surface area contributed by atoms with Crippen LogP contribution in [0.15, 0.2) is 52.4 Å². The van der Waals surface area contributed by atoms with Crippen LogP contribution in [0.5, 0.6) is 0 Å². The molecule has 4 aromatic rings. The van der Waals surface area contributed by atoms with Gasteiger partial charge in [-0.15, -0.1) is 11.3 Å². The molecule has 0 aliphatic carbocycles. The van der Waals surface area contributed by atoms with E-state index in [9.17, 15) is 9.59 Å². The summed E-state index contributed by atoms with van der Waals surface area (Å²) in [6, 6.07) is 13.3. The summed E-state index contributed by atoms with van der Waals surface area (Å²) in [6.45, 7) is 0. The van der Waals surface area contributed by atoms with Crippen LogP contribution < -0.4 is 10.6 Å². The van der Waals surface area contributed by atoms with E-state index in [-0.39, 0.29) is 18.2 Å². The van der Waals surface area contributed by atoms with Crippen molar-refractivity contribution in [1.82, 2.24) is 10.1 Å². The fraction of sp³-hybridized carbons (Fsp3) is 0.143. The molecule has 1 aliphatic rings. The van der Waals surface area contributed by atoms with Crippen LogP contribution in [0.1, 0.15) is 17.7 Å². The van der Waals surface area contributed by atoms with E-state index in [1.165, 1.54) is 11.3 Å². The van der Waals surface area contributed by atoms with E-state index in [0.29, 0.717) is 29.3 Å². The van der Waals surface area contributed by atoms with Gasteiger partial charge in [0.2, 0.25) is 11.8 Å². The van der Waals surface area contributed by atoms with Crippen molar-refractivity contribution in [1.29, 1.82) is 0 Å². The average Bonchev–Trinajstić information content (AvgIpc) is 3.35. The predicted molar refractivity (Wildman–Crippen MR) is 111 cm³/mol. The van der Waals surface area contributed by atoms with Crippen molar-refractivity contribution in [3.05, 3.63) is 59.1 Å². The van der Waals surface area contributed by atoms with E-state index < -0.39 is 0 Å². The van der Waals surface area contributed by atoms with Crippen molar-refractivity contribution < 1.29 is 14.1 Å². The summed E-state index contributed by atoms with van der Waals surface area (Å²) < 4.78 is 5.24. The number of fused-ring (bicyclic) bond motifs is 2. The number of aryl methyl sites for hydroxylation is 1. The van der Waals surface area contributed by atoms with Crippen LogP contribution in [0.2, 0.25) is 0 Å². The van der Waals surface area contributed by atoms with Crippen molar-refractivity contribution in [3.63, 3.8) is 0 Å². The average molecular weight is 404 g/mol. The van der Waals surface area contributed by atoms with Gasteiger partial charge < -0.3 is 15.2 Å². The Labute approximate surface area is 169 Å². The molecule has 0 unspecified atom stereocenters. The highest BCUT2D eigenvalue weighted by molar-refractivity contribution is 7.14. The van der Waals surface area contributed by atoms with Gasteiger partial charge in [-0.1, -0.05) is 23.4 Å². The van der Waals surface area contributed by atoms with Gasteiger partial charge in [0.05, 0.1) is 12.1 Å². The van der Waals surface area contributed by atoms with Gasteiger partial charge >= 0.3 is 0 Å². The first-order valence-corrected chi connectivity index (χ1v) is 10.1. The maximum Gasteiger partial charge on any atom is 0.232 e. The third-order valence-corrected chi connectivity index (χ3v) is 5.58. The van der Waals surface area contributed by atoms with Crippen molar-refractivity contribution in [2.45, 2.75) is 19.3 Å². The first-order valence-electron chi connectivity index (χ1n) is 9.17. The monoisotopic (exact) mass is 404 g/mol. The number of hydrogen-bond donors (Lipinski definition) is 2. The summed E-state index contributed by atoms with van der Waals surface area (Å²) in [4.78, 5) is 28.5. The van der Waals surface area contributed by atoms with Gasteiger partial charge in [-0.05, 0) is 36.2 Å². The van der Waals surface area contributed by atoms with Gasteiger partial charge in [0.15, 0.2) is 10.7 Å². The number of nitrogens with zero attached hydrogens (tertiary/aromatic N) is 2. The van der Waals surface area contributed by atoms with Crippen LogP contribution in [0.25, 0.3) is 22.2 Å². The third kappa shape index (κ3) is 3.50. The van der Waals surface area contributed by atoms with E-state index >= 15 is 0 Å². The lowest BCUT2D eigenvalue weighted by Gasteiger charge is -2.17. The molecular weight excluding hydrogens is 388 g/mol. The molecule has 2 amide bonds. The number of carbonyl (C=O) groups excluding carboxylic acids is 2. The maximum atomic E-state index is 12.4. The predicted octanol–water partition coefficient (Wildman–Crippen LogP) is 4.02. The summed E-state index contributed by atoms with van der Waals surface area (Å²) in [6.07, 6.45) is 1.32. The molecule has 2 aromatic heterocycles. The van der Waals surface area contributed by atoms with Gasteiger partial charge in [-0.25, -0.2) is 4.98 Å². The minimum atomic E-state index is -0.196. The lowest BCUT2D eigenvalue weighted by molar-refractivity contribution is -0.116. The standard InChI is InChI=1S/C21H16N4O3S/c26-19-8-6-12-9-13(5-7-15(12)22-19)17-11-29-21(23-17)24-20(27)10-16-14-3-1-2-4-18(14)28-25-16/h1-5,7,9,11H,6,8,10H2,(H,22,26)(H,23,24,27). The van der Waals surface area contributed by atoms with Crippen LogP contribution in [-0.2, 0) is 22.4 Å². The number of nitrogens with one attached hydrogen (secondary N) is 2. The molecule has 7 nitrogen and oxygen atoms in total. The SMILES string of the molecule is O=C(Cc1noc2ccccc12)Nc1nc(-c2ccc3c(c2)CCC(=O)N3)cs1. The Hall–Kier alpha value is -3.52. The molecule has 8 heteroatoms. The van der Waals surface area contributed by atoms with E-state index in [1.807, 2.05) is 47.8 Å². The van der Waals surface area contributed by atoms with Gasteiger partial charge in [-0.3, -0.25) is 9.59 Å². The minimum Gasteiger partial charge on any atom is -0.356 e. The fourth-order valence-electron chi connectivity index (χ4n) is 3.39. The third-order valence-electron chi connectivity index (χ3n) is 4.83. The van der Waals surface area contributed by atoms with Crippen molar-refractivity contribution in [2.24, 2.45) is 0 Å². The summed E-state index contributed by atoms with van der Waals surface area (Å²) in [5.41, 5.74) is 4.96. The molecule has 1 aliphatic heterocycles.